The Kier molecular flexibility index (Phi) is 3.90. The average molecular weight is 345 g/mol. The molecule has 1 unspecified atom stereocenters. The molecule has 0 amide bonds. The van der Waals surface area contributed by atoms with Crippen molar-refractivity contribution in [2.75, 3.05) is 10.5 Å². The molecular formula is C11H12Cl2F2N2O2S. The lowest BCUT2D eigenvalue weighted by Crippen LogP contribution is -2.25. The van der Waals surface area contributed by atoms with E-state index in [1.54, 1.807) is 6.92 Å². The molecular weight excluding hydrogens is 333 g/mol. The zero-order chi connectivity index (χ0) is 15.2. The van der Waals surface area contributed by atoms with E-state index in [1.807, 2.05) is 0 Å². The largest absolute Gasteiger partial charge is 0.282 e. The first kappa shape index (κ1) is 15.7. The molecule has 0 bridgehead atoms. The second-order valence-electron chi connectivity index (χ2n) is 5.08. The third-order valence-corrected chi connectivity index (χ3v) is 5.91. The van der Waals surface area contributed by atoms with Gasteiger partial charge >= 0.3 is 0 Å². The van der Waals surface area contributed by atoms with Crippen molar-refractivity contribution in [2.45, 2.75) is 24.1 Å². The van der Waals surface area contributed by atoms with Gasteiger partial charge in [0.1, 0.15) is 10.0 Å². The minimum absolute atomic E-state index is 0.119. The maximum Gasteiger partial charge on any atom is 0.280 e. The van der Waals surface area contributed by atoms with Gasteiger partial charge in [0.25, 0.3) is 6.43 Å². The Morgan fingerprint density at radius 3 is 2.45 bits per heavy atom. The number of nitrogens with one attached hydrogen (secondary N) is 1. The van der Waals surface area contributed by atoms with Crippen LogP contribution in [0.1, 0.15) is 25.5 Å². The smallest absolute Gasteiger partial charge is 0.280 e. The molecule has 2 rings (SSSR count). The molecule has 1 fully saturated rings. The van der Waals surface area contributed by atoms with Gasteiger partial charge in [-0.25, -0.2) is 17.2 Å². The van der Waals surface area contributed by atoms with E-state index in [9.17, 15) is 17.2 Å². The first-order chi connectivity index (χ1) is 9.05. The monoisotopic (exact) mass is 344 g/mol. The summed E-state index contributed by atoms with van der Waals surface area (Å²) in [5.41, 5.74) is -1.01. The van der Waals surface area contributed by atoms with Gasteiger partial charge in [0.15, 0.2) is 0 Å². The summed E-state index contributed by atoms with van der Waals surface area (Å²) < 4.78 is 49.8. The van der Waals surface area contributed by atoms with Crippen LogP contribution in [0.4, 0.5) is 14.5 Å². The van der Waals surface area contributed by atoms with Gasteiger partial charge in [0.05, 0.1) is 17.6 Å². The Labute approximate surface area is 125 Å². The predicted octanol–water partition coefficient (Wildman–Crippen LogP) is 3.34. The Morgan fingerprint density at radius 2 is 2.05 bits per heavy atom. The van der Waals surface area contributed by atoms with Gasteiger partial charge in [-0.2, -0.15) is 0 Å². The molecule has 0 aliphatic heterocycles. The summed E-state index contributed by atoms with van der Waals surface area (Å²) >= 11 is 11.8. The molecule has 0 spiro atoms. The van der Waals surface area contributed by atoms with Crippen LogP contribution in [0, 0.1) is 5.41 Å². The van der Waals surface area contributed by atoms with Crippen molar-refractivity contribution in [3.05, 3.63) is 24.0 Å². The summed E-state index contributed by atoms with van der Waals surface area (Å²) in [7, 11) is -3.68. The van der Waals surface area contributed by atoms with Gasteiger partial charge in [0.2, 0.25) is 10.0 Å². The molecule has 112 valence electrons. The van der Waals surface area contributed by atoms with E-state index in [-0.39, 0.29) is 11.4 Å². The lowest BCUT2D eigenvalue weighted by molar-refractivity contribution is 0.146. The quantitative estimate of drug-likeness (QED) is 0.833. The van der Waals surface area contributed by atoms with Gasteiger partial charge in [-0.1, -0.05) is 6.92 Å². The van der Waals surface area contributed by atoms with E-state index < -0.39 is 31.9 Å². The molecule has 1 aliphatic carbocycles. The fraction of sp³-hybridized carbons (Fsp3) is 0.545. The van der Waals surface area contributed by atoms with Crippen LogP contribution < -0.4 is 4.72 Å². The second-order valence-corrected chi connectivity index (χ2v) is 8.28. The highest BCUT2D eigenvalue weighted by atomic mass is 35.5. The number of hydrogen-bond donors (Lipinski definition) is 1. The minimum atomic E-state index is -3.68. The molecule has 1 saturated carbocycles. The lowest BCUT2D eigenvalue weighted by atomic mass is 10.2. The number of alkyl halides is 4. The van der Waals surface area contributed by atoms with Crippen molar-refractivity contribution >= 4 is 38.9 Å². The molecule has 0 aromatic carbocycles. The zero-order valence-electron chi connectivity index (χ0n) is 10.4. The minimum Gasteiger partial charge on any atom is -0.282 e. The van der Waals surface area contributed by atoms with Gasteiger partial charge in [0, 0.05) is 5.41 Å². The van der Waals surface area contributed by atoms with E-state index >= 15 is 0 Å². The van der Waals surface area contributed by atoms with E-state index in [2.05, 4.69) is 9.71 Å². The fourth-order valence-corrected chi connectivity index (χ4v) is 4.45. The first-order valence-electron chi connectivity index (χ1n) is 5.67. The van der Waals surface area contributed by atoms with Crippen molar-refractivity contribution in [1.29, 1.82) is 0 Å². The summed E-state index contributed by atoms with van der Waals surface area (Å²) in [6.07, 6.45) is -1.27. The van der Waals surface area contributed by atoms with Gasteiger partial charge < -0.3 is 0 Å². The summed E-state index contributed by atoms with van der Waals surface area (Å²) in [6, 6.07) is 2.30. The Bertz CT molecular complexity index is 607. The second kappa shape index (κ2) is 4.96. The highest BCUT2D eigenvalue weighted by Gasteiger charge is 2.64. The van der Waals surface area contributed by atoms with Crippen molar-refractivity contribution in [2.24, 2.45) is 5.41 Å². The number of rotatable bonds is 5. The van der Waals surface area contributed by atoms with E-state index in [0.717, 1.165) is 12.3 Å². The summed E-state index contributed by atoms with van der Waals surface area (Å²) in [5.74, 6) is -0.246. The molecule has 1 aromatic heterocycles. The maximum atomic E-state index is 12.3. The highest BCUT2D eigenvalue weighted by molar-refractivity contribution is 7.92. The normalized spacial score (nSPS) is 24.7. The summed E-state index contributed by atoms with van der Waals surface area (Å²) in [5, 5.41) is 0. The Balaban J connectivity index is 2.05. The fourth-order valence-electron chi connectivity index (χ4n) is 1.83. The van der Waals surface area contributed by atoms with E-state index in [0.29, 0.717) is 6.42 Å². The molecule has 1 aromatic rings. The van der Waals surface area contributed by atoms with Crippen LogP contribution in [0.3, 0.4) is 0 Å². The molecule has 4 nitrogen and oxygen atoms in total. The molecule has 1 aliphatic rings. The number of hydrogen-bond acceptors (Lipinski definition) is 3. The molecule has 1 heterocycles. The zero-order valence-corrected chi connectivity index (χ0v) is 12.7. The number of anilines is 1. The number of sulfonamides is 1. The molecule has 0 saturated heterocycles. The number of halogens is 4. The van der Waals surface area contributed by atoms with Crippen molar-refractivity contribution < 1.29 is 17.2 Å². The van der Waals surface area contributed by atoms with Crippen LogP contribution in [-0.2, 0) is 10.0 Å². The molecule has 20 heavy (non-hydrogen) atoms. The number of aromatic nitrogens is 1. The third kappa shape index (κ3) is 3.32. The third-order valence-electron chi connectivity index (χ3n) is 3.16. The lowest BCUT2D eigenvalue weighted by Gasteiger charge is -2.14. The Morgan fingerprint density at radius 1 is 1.45 bits per heavy atom. The molecule has 0 radical (unpaired) electrons. The van der Waals surface area contributed by atoms with Gasteiger partial charge in [-0.3, -0.25) is 9.71 Å². The van der Waals surface area contributed by atoms with Crippen LogP contribution in [0.15, 0.2) is 18.3 Å². The molecule has 1 N–H and O–H groups in total. The average Bonchev–Trinajstić information content (AvgIpc) is 2.75. The van der Waals surface area contributed by atoms with Crippen molar-refractivity contribution in [1.82, 2.24) is 4.98 Å². The first-order valence-corrected chi connectivity index (χ1v) is 8.08. The Hall–Kier alpha value is -0.660. The standard InChI is InChI=1S/C11H12Cl2F2N2O2S/c1-10(5-11(10,12)13)6-20(18,19)17-7-2-3-8(9(14)15)16-4-7/h2-4,9,17H,5-6H2,1H3. The van der Waals surface area contributed by atoms with Crippen LogP contribution in [0.25, 0.3) is 0 Å². The van der Waals surface area contributed by atoms with Crippen LogP contribution >= 0.6 is 23.2 Å². The van der Waals surface area contributed by atoms with E-state index in [1.165, 1.54) is 6.07 Å². The van der Waals surface area contributed by atoms with Gasteiger partial charge in [-0.05, 0) is 18.6 Å². The highest BCUT2D eigenvalue weighted by Crippen LogP contribution is 2.64. The summed E-state index contributed by atoms with van der Waals surface area (Å²) in [6.45, 7) is 1.67. The van der Waals surface area contributed by atoms with Crippen LogP contribution in [0.2, 0.25) is 0 Å². The van der Waals surface area contributed by atoms with Crippen LogP contribution in [0.5, 0.6) is 0 Å². The number of pyridine rings is 1. The topological polar surface area (TPSA) is 59.1 Å². The van der Waals surface area contributed by atoms with E-state index in [4.69, 9.17) is 23.2 Å². The SMILES string of the molecule is CC1(CS(=O)(=O)Nc2ccc(C(F)F)nc2)CC1(Cl)Cl. The van der Waals surface area contributed by atoms with Crippen LogP contribution in [-0.4, -0.2) is 23.5 Å². The maximum absolute atomic E-state index is 12.3. The summed E-state index contributed by atoms with van der Waals surface area (Å²) in [4.78, 5) is 3.47. The van der Waals surface area contributed by atoms with Crippen molar-refractivity contribution in [3.63, 3.8) is 0 Å². The number of nitrogens with zero attached hydrogens (tertiary/aromatic N) is 1. The van der Waals surface area contributed by atoms with Crippen molar-refractivity contribution in [3.8, 4) is 0 Å². The molecule has 9 heteroatoms. The molecule has 1 atom stereocenters. The van der Waals surface area contributed by atoms with Gasteiger partial charge in [-0.15, -0.1) is 23.2 Å². The predicted molar refractivity (Wildman–Crippen MR) is 73.8 cm³/mol.